The number of aliphatic hydroxyl groups excluding tert-OH is 1. The van der Waals surface area contributed by atoms with Gasteiger partial charge in [0, 0.05) is 18.2 Å². The van der Waals surface area contributed by atoms with Gasteiger partial charge < -0.3 is 20.6 Å². The molecule has 0 saturated carbocycles. The molecule has 7 heteroatoms. The molecule has 1 aromatic rings. The van der Waals surface area contributed by atoms with Crippen molar-refractivity contribution in [2.75, 3.05) is 13.2 Å². The van der Waals surface area contributed by atoms with Gasteiger partial charge in [0.2, 0.25) is 11.8 Å². The molecule has 2 saturated heterocycles. The summed E-state index contributed by atoms with van der Waals surface area (Å²) in [6, 6.07) is 5.46. The van der Waals surface area contributed by atoms with Crippen LogP contribution in [0.1, 0.15) is 22.3 Å². The molecule has 2 fully saturated rings. The first kappa shape index (κ1) is 15.5. The topological polar surface area (TPSA) is 98.7 Å². The third-order valence-electron chi connectivity index (χ3n) is 4.33. The van der Waals surface area contributed by atoms with Gasteiger partial charge in [0.05, 0.1) is 6.61 Å². The highest BCUT2D eigenvalue weighted by Crippen LogP contribution is 2.23. The largest absolute Gasteiger partial charge is 0.394 e. The van der Waals surface area contributed by atoms with Gasteiger partial charge in [-0.3, -0.25) is 14.4 Å². The summed E-state index contributed by atoms with van der Waals surface area (Å²) >= 11 is 0. The van der Waals surface area contributed by atoms with Crippen molar-refractivity contribution in [3.05, 3.63) is 35.4 Å². The second-order valence-corrected chi connectivity index (χ2v) is 6.02. The molecule has 122 valence electrons. The average Bonchev–Trinajstić information content (AvgIpc) is 2.96. The summed E-state index contributed by atoms with van der Waals surface area (Å²) in [7, 11) is 0. The summed E-state index contributed by atoms with van der Waals surface area (Å²) in [5.74, 6) is -0.804. The lowest BCUT2D eigenvalue weighted by Gasteiger charge is -2.33. The van der Waals surface area contributed by atoms with Crippen molar-refractivity contribution in [3.8, 4) is 0 Å². The molecule has 2 heterocycles. The minimum Gasteiger partial charge on any atom is -0.394 e. The number of hydrogen-bond donors (Lipinski definition) is 3. The Hall–Kier alpha value is -2.41. The molecule has 7 nitrogen and oxygen atoms in total. The number of benzene rings is 1. The molecular weight excluding hydrogens is 298 g/mol. The predicted molar refractivity (Wildman–Crippen MR) is 81.6 cm³/mol. The number of aryl methyl sites for hydroxylation is 1. The van der Waals surface area contributed by atoms with Crippen LogP contribution in [0.25, 0.3) is 0 Å². The van der Waals surface area contributed by atoms with E-state index in [2.05, 4.69) is 10.6 Å². The summed E-state index contributed by atoms with van der Waals surface area (Å²) in [5, 5.41) is 14.5. The van der Waals surface area contributed by atoms with Gasteiger partial charge in [-0.05, 0) is 25.5 Å². The van der Waals surface area contributed by atoms with E-state index >= 15 is 0 Å². The Balaban J connectivity index is 1.67. The Kier molecular flexibility index (Phi) is 4.04. The SMILES string of the molecule is Cc1ccc(C(=O)N[C@H]2C[C@H]3C(=O)N[C@H](CO)C(=O)N3C2)cc1. The summed E-state index contributed by atoms with van der Waals surface area (Å²) in [4.78, 5) is 37.9. The second-order valence-electron chi connectivity index (χ2n) is 6.02. The number of nitrogens with zero attached hydrogens (tertiary/aromatic N) is 1. The Morgan fingerprint density at radius 1 is 1.35 bits per heavy atom. The number of aliphatic hydroxyl groups is 1. The molecule has 2 aliphatic rings. The average molecular weight is 317 g/mol. The number of carbonyl (C=O) groups excluding carboxylic acids is 3. The molecule has 0 bridgehead atoms. The van der Waals surface area contributed by atoms with Crippen molar-refractivity contribution in [1.29, 1.82) is 0 Å². The highest BCUT2D eigenvalue weighted by Gasteiger charge is 2.46. The Morgan fingerprint density at radius 3 is 2.70 bits per heavy atom. The molecule has 3 rings (SSSR count). The normalized spacial score (nSPS) is 26.7. The van der Waals surface area contributed by atoms with Crippen molar-refractivity contribution in [2.24, 2.45) is 0 Å². The fourth-order valence-electron chi connectivity index (χ4n) is 3.06. The van der Waals surface area contributed by atoms with Crippen molar-refractivity contribution in [1.82, 2.24) is 15.5 Å². The number of carbonyl (C=O) groups is 3. The van der Waals surface area contributed by atoms with Gasteiger partial charge in [-0.1, -0.05) is 17.7 Å². The number of amides is 3. The zero-order chi connectivity index (χ0) is 16.6. The molecule has 0 unspecified atom stereocenters. The molecule has 3 atom stereocenters. The van der Waals surface area contributed by atoms with Crippen LogP contribution in [-0.2, 0) is 9.59 Å². The number of nitrogens with one attached hydrogen (secondary N) is 2. The zero-order valence-electron chi connectivity index (χ0n) is 12.8. The Labute approximate surface area is 133 Å². The van der Waals surface area contributed by atoms with Gasteiger partial charge in [-0.15, -0.1) is 0 Å². The summed E-state index contributed by atoms with van der Waals surface area (Å²) < 4.78 is 0. The first-order chi connectivity index (χ1) is 11.0. The fraction of sp³-hybridized carbons (Fsp3) is 0.438. The molecule has 0 aromatic heterocycles. The highest BCUT2D eigenvalue weighted by atomic mass is 16.3. The quantitative estimate of drug-likeness (QED) is 0.679. The fourth-order valence-corrected chi connectivity index (χ4v) is 3.06. The summed E-state index contributed by atoms with van der Waals surface area (Å²) in [6.07, 6.45) is 0.382. The van der Waals surface area contributed by atoms with Crippen LogP contribution >= 0.6 is 0 Å². The van der Waals surface area contributed by atoms with Crippen molar-refractivity contribution < 1.29 is 19.5 Å². The molecule has 0 radical (unpaired) electrons. The molecule has 2 aliphatic heterocycles. The lowest BCUT2D eigenvalue weighted by Crippen LogP contribution is -2.62. The standard InChI is InChI=1S/C16H19N3O4/c1-9-2-4-10(5-3-9)14(21)17-11-6-13-15(22)18-12(8-20)16(23)19(13)7-11/h2-5,11-13,20H,6-8H2,1H3,(H,17,21)(H,18,22)/t11-,12+,13-/m0/s1. The van der Waals surface area contributed by atoms with E-state index in [0.29, 0.717) is 12.0 Å². The minimum absolute atomic E-state index is 0.221. The van der Waals surface area contributed by atoms with Crippen LogP contribution in [0.15, 0.2) is 24.3 Å². The van der Waals surface area contributed by atoms with Crippen molar-refractivity contribution >= 4 is 17.7 Å². The lowest BCUT2D eigenvalue weighted by atomic mass is 10.1. The van der Waals surface area contributed by atoms with E-state index in [1.54, 1.807) is 12.1 Å². The van der Waals surface area contributed by atoms with Crippen LogP contribution in [-0.4, -0.2) is 59.0 Å². The van der Waals surface area contributed by atoms with Gasteiger partial charge >= 0.3 is 0 Å². The van der Waals surface area contributed by atoms with Gasteiger partial charge in [0.15, 0.2) is 0 Å². The van der Waals surface area contributed by atoms with Gasteiger partial charge in [-0.2, -0.15) is 0 Å². The smallest absolute Gasteiger partial charge is 0.251 e. The summed E-state index contributed by atoms with van der Waals surface area (Å²) in [5.41, 5.74) is 1.61. The van der Waals surface area contributed by atoms with Crippen LogP contribution in [0.3, 0.4) is 0 Å². The van der Waals surface area contributed by atoms with E-state index < -0.39 is 18.7 Å². The van der Waals surface area contributed by atoms with Crippen LogP contribution in [0.4, 0.5) is 0 Å². The first-order valence-corrected chi connectivity index (χ1v) is 7.59. The molecule has 1 aromatic carbocycles. The molecule has 3 amide bonds. The third kappa shape index (κ3) is 2.92. The number of piperazine rings is 1. The van der Waals surface area contributed by atoms with Gasteiger partial charge in [0.25, 0.3) is 5.91 Å². The molecule has 0 aliphatic carbocycles. The highest BCUT2D eigenvalue weighted by molar-refractivity contribution is 5.98. The predicted octanol–water partition coefficient (Wildman–Crippen LogP) is -0.815. The lowest BCUT2D eigenvalue weighted by molar-refractivity contribution is -0.148. The Morgan fingerprint density at radius 2 is 2.04 bits per heavy atom. The van der Waals surface area contributed by atoms with Crippen LogP contribution in [0.5, 0.6) is 0 Å². The van der Waals surface area contributed by atoms with Crippen molar-refractivity contribution in [3.63, 3.8) is 0 Å². The van der Waals surface area contributed by atoms with Crippen molar-refractivity contribution in [2.45, 2.75) is 31.5 Å². The molecule has 0 spiro atoms. The van der Waals surface area contributed by atoms with E-state index in [4.69, 9.17) is 5.11 Å². The number of rotatable bonds is 3. The molecule has 3 N–H and O–H groups in total. The molecular formula is C16H19N3O4. The Bertz CT molecular complexity index is 643. The first-order valence-electron chi connectivity index (χ1n) is 7.59. The van der Waals surface area contributed by atoms with Crippen LogP contribution in [0, 0.1) is 6.92 Å². The maximum absolute atomic E-state index is 12.2. The van der Waals surface area contributed by atoms with Crippen LogP contribution in [0.2, 0.25) is 0 Å². The van der Waals surface area contributed by atoms with E-state index in [-0.39, 0.29) is 30.3 Å². The van der Waals surface area contributed by atoms with E-state index in [9.17, 15) is 14.4 Å². The zero-order valence-corrected chi connectivity index (χ0v) is 12.8. The number of fused-ring (bicyclic) bond motifs is 1. The van der Waals surface area contributed by atoms with Gasteiger partial charge in [-0.25, -0.2) is 0 Å². The number of hydrogen-bond acceptors (Lipinski definition) is 4. The maximum Gasteiger partial charge on any atom is 0.251 e. The van der Waals surface area contributed by atoms with E-state index in [0.717, 1.165) is 5.56 Å². The van der Waals surface area contributed by atoms with Gasteiger partial charge in [0.1, 0.15) is 12.1 Å². The molecule has 23 heavy (non-hydrogen) atoms. The third-order valence-corrected chi connectivity index (χ3v) is 4.33. The van der Waals surface area contributed by atoms with Crippen LogP contribution < -0.4 is 10.6 Å². The monoisotopic (exact) mass is 317 g/mol. The van der Waals surface area contributed by atoms with E-state index in [1.165, 1.54) is 4.90 Å². The second kappa shape index (κ2) is 6.00. The van der Waals surface area contributed by atoms with E-state index in [1.807, 2.05) is 19.1 Å². The maximum atomic E-state index is 12.2. The summed E-state index contributed by atoms with van der Waals surface area (Å²) in [6.45, 7) is 1.80. The minimum atomic E-state index is -0.884.